The molecule has 1 fully saturated rings. The van der Waals surface area contributed by atoms with Crippen LogP contribution >= 0.6 is 0 Å². The molecule has 0 aromatic carbocycles. The third-order valence-corrected chi connectivity index (χ3v) is 4.07. The van der Waals surface area contributed by atoms with Crippen LogP contribution in [0, 0.1) is 0 Å². The van der Waals surface area contributed by atoms with Crippen LogP contribution in [0.15, 0.2) is 0 Å². The molecule has 1 aliphatic heterocycles. The molecule has 4 heteroatoms. The second kappa shape index (κ2) is 7.63. The third kappa shape index (κ3) is 3.78. The Hall–Kier alpha value is -0.900. The molecule has 1 rings (SSSR count). The fourth-order valence-electron chi connectivity index (χ4n) is 2.72. The van der Waals surface area contributed by atoms with Gasteiger partial charge >= 0.3 is 12.0 Å². The van der Waals surface area contributed by atoms with Crippen molar-refractivity contribution in [1.29, 1.82) is 0 Å². The topological polar surface area (TPSA) is 43.4 Å². The van der Waals surface area contributed by atoms with Crippen LogP contribution in [0.2, 0.25) is 0 Å². The molecule has 19 heavy (non-hydrogen) atoms. The summed E-state index contributed by atoms with van der Waals surface area (Å²) in [6.45, 7) is 6.92. The van der Waals surface area contributed by atoms with Crippen LogP contribution in [0.25, 0.3) is 0 Å². The van der Waals surface area contributed by atoms with Crippen molar-refractivity contribution in [3.05, 3.63) is 0 Å². The van der Waals surface area contributed by atoms with Gasteiger partial charge in [-0.15, -0.1) is 0 Å². The molecule has 0 aromatic heterocycles. The lowest BCUT2D eigenvalue weighted by Crippen LogP contribution is -2.58. The van der Waals surface area contributed by atoms with Gasteiger partial charge in [0.2, 0.25) is 0 Å². The van der Waals surface area contributed by atoms with Gasteiger partial charge in [0.15, 0.2) is 0 Å². The average Bonchev–Trinajstić information content (AvgIpc) is 2.76. The molecule has 0 aromatic rings. The Morgan fingerprint density at radius 3 is 2.37 bits per heavy atom. The van der Waals surface area contributed by atoms with Crippen molar-refractivity contribution in [2.75, 3.05) is 13.2 Å². The molecule has 1 aliphatic rings. The average molecular weight is 270 g/mol. The summed E-state index contributed by atoms with van der Waals surface area (Å²) >= 11 is 0. The van der Waals surface area contributed by atoms with Crippen LogP contribution in [-0.4, -0.2) is 35.7 Å². The van der Waals surface area contributed by atoms with Crippen LogP contribution in [0.4, 0.5) is 4.79 Å². The summed E-state index contributed by atoms with van der Waals surface area (Å²) in [5.74, 6) is 0.0352. The molecule has 0 N–H and O–H groups in total. The van der Waals surface area contributed by atoms with Crippen molar-refractivity contribution in [1.82, 2.24) is 0 Å². The summed E-state index contributed by atoms with van der Waals surface area (Å²) < 4.78 is 4.92. The van der Waals surface area contributed by atoms with Crippen molar-refractivity contribution in [2.45, 2.75) is 71.8 Å². The van der Waals surface area contributed by atoms with Gasteiger partial charge in [-0.05, 0) is 20.3 Å². The number of imide groups is 1. The molecule has 4 nitrogen and oxygen atoms in total. The number of cyclic esters (lactones) is 1. The smallest absolute Gasteiger partial charge is 0.414 e. The van der Waals surface area contributed by atoms with Crippen molar-refractivity contribution in [3.8, 4) is 0 Å². The number of hydrogen-bond acceptors (Lipinski definition) is 3. The first-order valence-electron chi connectivity index (χ1n) is 7.64. The molecular formula is C15H28NO3+. The highest BCUT2D eigenvalue weighted by Gasteiger charge is 2.52. The number of hydrogen-bond donors (Lipinski definition) is 0. The molecule has 0 spiro atoms. The van der Waals surface area contributed by atoms with Crippen molar-refractivity contribution in [2.24, 2.45) is 0 Å². The summed E-state index contributed by atoms with van der Waals surface area (Å²) in [4.78, 5) is 24.3. The van der Waals surface area contributed by atoms with Gasteiger partial charge in [-0.2, -0.15) is 9.28 Å². The molecular weight excluding hydrogens is 242 g/mol. The van der Waals surface area contributed by atoms with Gasteiger partial charge in [-0.25, -0.2) is 4.79 Å². The SMILES string of the molecule is CCCCCCCCC(=O)[N+]1(C(C)C)CCOC1=O. The maximum Gasteiger partial charge on any atom is 0.524 e. The van der Waals surface area contributed by atoms with E-state index in [4.69, 9.17) is 4.74 Å². The summed E-state index contributed by atoms with van der Waals surface area (Å²) in [6.07, 6.45) is 7.06. The van der Waals surface area contributed by atoms with E-state index in [0.29, 0.717) is 19.6 Å². The van der Waals surface area contributed by atoms with Gasteiger partial charge in [0.05, 0.1) is 6.42 Å². The Kier molecular flexibility index (Phi) is 6.49. The summed E-state index contributed by atoms with van der Waals surface area (Å²) in [7, 11) is 0. The minimum absolute atomic E-state index is 0.0254. The molecule has 1 atom stereocenters. The number of quaternary nitrogens is 1. The fourth-order valence-corrected chi connectivity index (χ4v) is 2.72. The lowest BCUT2D eigenvalue weighted by Gasteiger charge is -2.29. The molecule has 0 saturated carbocycles. The molecule has 1 saturated heterocycles. The first-order valence-corrected chi connectivity index (χ1v) is 7.64. The van der Waals surface area contributed by atoms with E-state index >= 15 is 0 Å². The van der Waals surface area contributed by atoms with Crippen LogP contribution < -0.4 is 0 Å². The number of unbranched alkanes of at least 4 members (excludes halogenated alkanes) is 5. The van der Waals surface area contributed by atoms with E-state index in [9.17, 15) is 9.59 Å². The Bertz CT molecular complexity index is 315. The number of ether oxygens (including phenoxy) is 1. The van der Waals surface area contributed by atoms with Gasteiger partial charge in [-0.1, -0.05) is 39.0 Å². The summed E-state index contributed by atoms with van der Waals surface area (Å²) in [5, 5.41) is 0. The van der Waals surface area contributed by atoms with Crippen molar-refractivity contribution < 1.29 is 18.8 Å². The third-order valence-electron chi connectivity index (χ3n) is 4.07. The van der Waals surface area contributed by atoms with E-state index in [1.165, 1.54) is 25.7 Å². The maximum absolute atomic E-state index is 12.4. The normalized spacial score (nSPS) is 22.8. The second-order valence-corrected chi connectivity index (χ2v) is 5.71. The van der Waals surface area contributed by atoms with E-state index in [2.05, 4.69) is 6.92 Å². The molecule has 0 radical (unpaired) electrons. The Morgan fingerprint density at radius 1 is 1.21 bits per heavy atom. The quantitative estimate of drug-likeness (QED) is 0.499. The van der Waals surface area contributed by atoms with Gasteiger partial charge in [-0.3, -0.25) is 0 Å². The molecule has 2 amide bonds. The number of amides is 2. The predicted octanol–water partition coefficient (Wildman–Crippen LogP) is 3.64. The largest absolute Gasteiger partial charge is 0.524 e. The Morgan fingerprint density at radius 2 is 1.84 bits per heavy atom. The number of rotatable bonds is 8. The Labute approximate surface area is 116 Å². The van der Waals surface area contributed by atoms with Crippen LogP contribution in [0.5, 0.6) is 0 Å². The number of carbonyl (C=O) groups excluding carboxylic acids is 2. The van der Waals surface area contributed by atoms with E-state index in [1.54, 1.807) is 0 Å². The lowest BCUT2D eigenvalue weighted by atomic mass is 10.1. The van der Waals surface area contributed by atoms with Crippen LogP contribution in [0.1, 0.15) is 65.7 Å². The monoisotopic (exact) mass is 270 g/mol. The lowest BCUT2D eigenvalue weighted by molar-refractivity contribution is -0.789. The molecule has 1 unspecified atom stereocenters. The number of carbonyl (C=O) groups is 2. The van der Waals surface area contributed by atoms with Crippen LogP contribution in [-0.2, 0) is 9.53 Å². The van der Waals surface area contributed by atoms with E-state index in [0.717, 1.165) is 12.8 Å². The number of nitrogens with zero attached hydrogens (tertiary/aromatic N) is 1. The predicted molar refractivity (Wildman–Crippen MR) is 74.6 cm³/mol. The zero-order valence-corrected chi connectivity index (χ0v) is 12.6. The van der Waals surface area contributed by atoms with E-state index in [-0.39, 0.29) is 22.5 Å². The van der Waals surface area contributed by atoms with Crippen LogP contribution in [0.3, 0.4) is 0 Å². The summed E-state index contributed by atoms with van der Waals surface area (Å²) in [6, 6.07) is -0.0254. The molecule has 1 heterocycles. The maximum atomic E-state index is 12.4. The second-order valence-electron chi connectivity index (χ2n) is 5.71. The van der Waals surface area contributed by atoms with Crippen molar-refractivity contribution >= 4 is 12.0 Å². The fraction of sp³-hybridized carbons (Fsp3) is 0.867. The first kappa shape index (κ1) is 16.2. The zero-order valence-electron chi connectivity index (χ0n) is 12.6. The standard InChI is InChI=1S/C15H28NO3/c1-4-5-6-7-8-9-10-14(17)16(13(2)3)11-12-19-15(16)18/h13H,4-12H2,1-3H3/q+1. The highest BCUT2D eigenvalue weighted by Crippen LogP contribution is 2.24. The van der Waals surface area contributed by atoms with Crippen molar-refractivity contribution in [3.63, 3.8) is 0 Å². The van der Waals surface area contributed by atoms with Gasteiger partial charge in [0.1, 0.15) is 19.2 Å². The van der Waals surface area contributed by atoms with Gasteiger partial charge in [0, 0.05) is 0 Å². The highest BCUT2D eigenvalue weighted by molar-refractivity contribution is 5.82. The molecule has 0 bridgehead atoms. The van der Waals surface area contributed by atoms with Gasteiger partial charge in [0.25, 0.3) is 0 Å². The summed E-state index contributed by atoms with van der Waals surface area (Å²) in [5.41, 5.74) is 0. The minimum Gasteiger partial charge on any atom is -0.414 e. The van der Waals surface area contributed by atoms with Gasteiger partial charge < -0.3 is 4.74 Å². The zero-order chi connectivity index (χ0) is 14.3. The molecule has 0 aliphatic carbocycles. The van der Waals surface area contributed by atoms with E-state index in [1.807, 2.05) is 13.8 Å². The Balaban J connectivity index is 2.40. The van der Waals surface area contributed by atoms with E-state index < -0.39 is 0 Å². The molecule has 110 valence electrons. The minimum atomic E-state index is -0.356. The first-order chi connectivity index (χ1) is 9.05. The highest BCUT2D eigenvalue weighted by atomic mass is 16.6.